The zero-order valence-electron chi connectivity index (χ0n) is 3.26. The lowest BCUT2D eigenvalue weighted by molar-refractivity contribution is 0.458. The lowest BCUT2D eigenvalue weighted by Gasteiger charge is -1.75. The van der Waals surface area contributed by atoms with E-state index in [2.05, 4.69) is 19.2 Å². The minimum atomic E-state index is -0.00926. The topological polar surface area (TPSA) is 20.2 Å². The third-order valence-corrected chi connectivity index (χ3v) is 0.416. The average molecular weight is 102 g/mol. The summed E-state index contributed by atoms with van der Waals surface area (Å²) in [5.74, 6) is 0. The first-order valence-corrected chi connectivity index (χ1v) is 1.92. The minimum absolute atomic E-state index is 0.00926. The molecule has 0 atom stereocenters. The molecule has 0 amide bonds. The summed E-state index contributed by atoms with van der Waals surface area (Å²) in [5, 5.41) is 8.20. The Morgan fingerprint density at radius 1 is 1.83 bits per heavy atom. The molecule has 0 spiro atoms. The Bertz CT molecular complexity index is 71.6. The highest BCUT2D eigenvalue weighted by Crippen LogP contribution is 1.90. The molecule has 1 N–H and O–H groups in total. The van der Waals surface area contributed by atoms with Gasteiger partial charge < -0.3 is 5.11 Å². The fourth-order valence-electron chi connectivity index (χ4n) is 0.105. The van der Waals surface area contributed by atoms with Gasteiger partial charge in [0.15, 0.2) is 0 Å². The SMILES string of the molecule is C=C/C=C(\O)S. The Hall–Kier alpha value is -0.370. The molecule has 34 valence electrons. The van der Waals surface area contributed by atoms with Gasteiger partial charge in [-0.15, -0.1) is 12.6 Å². The number of rotatable bonds is 1. The van der Waals surface area contributed by atoms with Gasteiger partial charge in [0, 0.05) is 0 Å². The first-order valence-electron chi connectivity index (χ1n) is 1.48. The summed E-state index contributed by atoms with van der Waals surface area (Å²) in [6.07, 6.45) is 2.85. The fraction of sp³-hybridized carbons (Fsp3) is 0. The van der Waals surface area contributed by atoms with Crippen LogP contribution in [0.3, 0.4) is 0 Å². The molecule has 0 aliphatic heterocycles. The van der Waals surface area contributed by atoms with Gasteiger partial charge in [-0.05, 0) is 6.08 Å². The summed E-state index contributed by atoms with van der Waals surface area (Å²) < 4.78 is 0. The normalized spacial score (nSPS) is 11.2. The van der Waals surface area contributed by atoms with Crippen molar-refractivity contribution in [3.63, 3.8) is 0 Å². The predicted molar refractivity (Wildman–Crippen MR) is 29.9 cm³/mol. The second-order valence-corrected chi connectivity index (χ2v) is 1.22. The molecule has 0 aromatic rings. The van der Waals surface area contributed by atoms with E-state index in [4.69, 9.17) is 5.11 Å². The van der Waals surface area contributed by atoms with Crippen LogP contribution in [0.15, 0.2) is 23.8 Å². The van der Waals surface area contributed by atoms with Crippen LogP contribution < -0.4 is 0 Å². The van der Waals surface area contributed by atoms with E-state index in [9.17, 15) is 0 Å². The Balaban J connectivity index is 3.41. The molecule has 0 unspecified atom stereocenters. The molecule has 0 radical (unpaired) electrons. The predicted octanol–water partition coefficient (Wildman–Crippen LogP) is 1.50. The molecule has 0 saturated heterocycles. The summed E-state index contributed by atoms with van der Waals surface area (Å²) in [7, 11) is 0. The summed E-state index contributed by atoms with van der Waals surface area (Å²) in [5.41, 5.74) is 0. The van der Waals surface area contributed by atoms with Crippen LogP contribution in [0.1, 0.15) is 0 Å². The van der Waals surface area contributed by atoms with E-state index >= 15 is 0 Å². The van der Waals surface area contributed by atoms with E-state index in [-0.39, 0.29) is 5.09 Å². The largest absolute Gasteiger partial charge is 0.502 e. The van der Waals surface area contributed by atoms with Crippen molar-refractivity contribution in [2.75, 3.05) is 0 Å². The third kappa shape index (κ3) is 3.63. The van der Waals surface area contributed by atoms with Gasteiger partial charge in [-0.2, -0.15) is 0 Å². The summed E-state index contributed by atoms with van der Waals surface area (Å²) >= 11 is 3.52. The Kier molecular flexibility index (Phi) is 2.67. The van der Waals surface area contributed by atoms with Crippen molar-refractivity contribution < 1.29 is 5.11 Å². The molecule has 0 aliphatic carbocycles. The van der Waals surface area contributed by atoms with Crippen LogP contribution in [0.25, 0.3) is 0 Å². The van der Waals surface area contributed by atoms with Crippen molar-refractivity contribution in [3.8, 4) is 0 Å². The van der Waals surface area contributed by atoms with E-state index in [1.165, 1.54) is 12.2 Å². The van der Waals surface area contributed by atoms with Crippen molar-refractivity contribution >= 4 is 12.6 Å². The number of thiol groups is 1. The Morgan fingerprint density at radius 2 is 2.33 bits per heavy atom. The fourth-order valence-corrected chi connectivity index (χ4v) is 0.211. The highest BCUT2D eigenvalue weighted by atomic mass is 32.1. The lowest BCUT2D eigenvalue weighted by atomic mass is 10.6. The summed E-state index contributed by atoms with van der Waals surface area (Å²) in [6, 6.07) is 0. The number of hydrogen-bond donors (Lipinski definition) is 2. The van der Waals surface area contributed by atoms with E-state index in [0.717, 1.165) is 0 Å². The van der Waals surface area contributed by atoms with Gasteiger partial charge in [-0.3, -0.25) is 0 Å². The molecular formula is C4H6OS. The zero-order chi connectivity index (χ0) is 4.99. The Morgan fingerprint density at radius 3 is 2.33 bits per heavy atom. The Labute approximate surface area is 42.4 Å². The number of aliphatic hydroxyl groups excluding tert-OH is 1. The number of allylic oxidation sites excluding steroid dienone is 2. The quantitative estimate of drug-likeness (QED) is 0.292. The zero-order valence-corrected chi connectivity index (χ0v) is 4.15. The maximum absolute atomic E-state index is 8.21. The molecule has 0 bridgehead atoms. The van der Waals surface area contributed by atoms with Gasteiger partial charge in [-0.1, -0.05) is 12.7 Å². The molecule has 1 nitrogen and oxygen atoms in total. The molecule has 0 rings (SSSR count). The van der Waals surface area contributed by atoms with E-state index in [0.29, 0.717) is 0 Å². The maximum Gasteiger partial charge on any atom is 0.146 e. The van der Waals surface area contributed by atoms with Gasteiger partial charge in [0.25, 0.3) is 0 Å². The van der Waals surface area contributed by atoms with Crippen molar-refractivity contribution in [1.29, 1.82) is 0 Å². The van der Waals surface area contributed by atoms with Gasteiger partial charge >= 0.3 is 0 Å². The molecule has 0 aromatic heterocycles. The van der Waals surface area contributed by atoms with Gasteiger partial charge in [0.1, 0.15) is 5.09 Å². The smallest absolute Gasteiger partial charge is 0.146 e. The standard InChI is InChI=1S/C4H6OS/c1-2-3-4(5)6/h2-3,5-6H,1H2/b4-3+. The lowest BCUT2D eigenvalue weighted by Crippen LogP contribution is -1.57. The second kappa shape index (κ2) is 2.85. The summed E-state index contributed by atoms with van der Waals surface area (Å²) in [4.78, 5) is 0. The first kappa shape index (κ1) is 5.63. The molecule has 6 heavy (non-hydrogen) atoms. The highest BCUT2D eigenvalue weighted by Gasteiger charge is 1.67. The monoisotopic (exact) mass is 102 g/mol. The van der Waals surface area contributed by atoms with Crippen molar-refractivity contribution in [2.24, 2.45) is 0 Å². The molecule has 2 heteroatoms. The van der Waals surface area contributed by atoms with Crippen LogP contribution in [0.2, 0.25) is 0 Å². The van der Waals surface area contributed by atoms with Crippen LogP contribution in [0.4, 0.5) is 0 Å². The molecule has 0 aliphatic rings. The highest BCUT2D eigenvalue weighted by molar-refractivity contribution is 7.84. The molecular weight excluding hydrogens is 96.1 g/mol. The van der Waals surface area contributed by atoms with Crippen molar-refractivity contribution in [1.82, 2.24) is 0 Å². The summed E-state index contributed by atoms with van der Waals surface area (Å²) in [6.45, 7) is 3.32. The van der Waals surface area contributed by atoms with Gasteiger partial charge in [0.2, 0.25) is 0 Å². The molecule has 0 aromatic carbocycles. The molecule has 0 saturated carbocycles. The van der Waals surface area contributed by atoms with Crippen molar-refractivity contribution in [3.05, 3.63) is 23.8 Å². The van der Waals surface area contributed by atoms with Crippen LogP contribution in [-0.2, 0) is 0 Å². The number of hydrogen-bond acceptors (Lipinski definition) is 2. The van der Waals surface area contributed by atoms with Gasteiger partial charge in [0.05, 0.1) is 0 Å². The average Bonchev–Trinajstić information content (AvgIpc) is 1.35. The second-order valence-electron chi connectivity index (χ2n) is 0.761. The van der Waals surface area contributed by atoms with E-state index in [1.54, 1.807) is 0 Å². The van der Waals surface area contributed by atoms with Crippen LogP contribution in [0.5, 0.6) is 0 Å². The third-order valence-electron chi connectivity index (χ3n) is 0.267. The van der Waals surface area contributed by atoms with E-state index in [1.807, 2.05) is 0 Å². The maximum atomic E-state index is 8.21. The van der Waals surface area contributed by atoms with Crippen LogP contribution in [-0.4, -0.2) is 5.11 Å². The first-order chi connectivity index (χ1) is 2.77. The molecule has 0 heterocycles. The van der Waals surface area contributed by atoms with Crippen LogP contribution >= 0.6 is 12.6 Å². The minimum Gasteiger partial charge on any atom is -0.502 e. The van der Waals surface area contributed by atoms with Gasteiger partial charge in [-0.25, -0.2) is 0 Å². The molecule has 0 fully saturated rings. The van der Waals surface area contributed by atoms with Crippen molar-refractivity contribution in [2.45, 2.75) is 0 Å². The van der Waals surface area contributed by atoms with E-state index < -0.39 is 0 Å². The van der Waals surface area contributed by atoms with Crippen LogP contribution in [0, 0.1) is 0 Å². The number of aliphatic hydroxyl groups is 1.